The number of nitrogens with one attached hydrogen (secondary N) is 1. The Bertz CT molecular complexity index is 1340. The SMILES string of the molecule is Cn1ccc([C@H]2CCNCC2C(=O)N(Cc2cc(CCC#N)cc3cccnc23)C2CC2)cc1=O. The third-order valence-electron chi connectivity index (χ3n) is 7.34. The van der Waals surface area contributed by atoms with Gasteiger partial charge in [-0.3, -0.25) is 14.6 Å². The molecule has 7 nitrogen and oxygen atoms in total. The van der Waals surface area contributed by atoms with Crippen molar-refractivity contribution in [1.29, 1.82) is 5.26 Å². The van der Waals surface area contributed by atoms with Gasteiger partial charge in [-0.05, 0) is 73.0 Å². The van der Waals surface area contributed by atoms with Crippen molar-refractivity contribution in [3.05, 3.63) is 75.8 Å². The molecule has 1 N–H and O–H groups in total. The van der Waals surface area contributed by atoms with Crippen molar-refractivity contribution in [3.63, 3.8) is 0 Å². The molecule has 0 radical (unpaired) electrons. The standard InChI is InChI=1S/C28H31N5O2/c1-32-13-9-20(16-26(32)34)24-8-12-30-17-25(24)28(35)33(23-6-7-23)18-22-15-19(4-2-10-29)14-21-5-3-11-31-27(21)22/h3,5,9,11,13-16,23-25,30H,2,4,6-8,12,17-18H2,1H3/t24-,25?/m1/s1. The molecule has 2 fully saturated rings. The van der Waals surface area contributed by atoms with E-state index >= 15 is 0 Å². The normalized spacial score (nSPS) is 19.9. The van der Waals surface area contributed by atoms with Crippen LogP contribution in [0.25, 0.3) is 10.9 Å². The zero-order valence-corrected chi connectivity index (χ0v) is 20.1. The van der Waals surface area contributed by atoms with Gasteiger partial charge in [0.2, 0.25) is 5.91 Å². The van der Waals surface area contributed by atoms with E-state index in [1.807, 2.05) is 23.1 Å². The molecule has 180 valence electrons. The summed E-state index contributed by atoms with van der Waals surface area (Å²) in [4.78, 5) is 33.0. The van der Waals surface area contributed by atoms with Gasteiger partial charge in [-0.2, -0.15) is 5.26 Å². The quantitative estimate of drug-likeness (QED) is 0.574. The number of rotatable bonds is 7. The summed E-state index contributed by atoms with van der Waals surface area (Å²) in [5.74, 6) is -0.0370. The van der Waals surface area contributed by atoms with Crippen LogP contribution in [0.5, 0.6) is 0 Å². The third-order valence-corrected chi connectivity index (χ3v) is 7.34. The Balaban J connectivity index is 1.46. The number of carbonyl (C=O) groups is 1. The highest BCUT2D eigenvalue weighted by Crippen LogP contribution is 2.36. The van der Waals surface area contributed by atoms with Crippen LogP contribution in [0.3, 0.4) is 0 Å². The van der Waals surface area contributed by atoms with Gasteiger partial charge < -0.3 is 14.8 Å². The van der Waals surface area contributed by atoms with Crippen LogP contribution in [0.4, 0.5) is 0 Å². The van der Waals surface area contributed by atoms with Crippen molar-refractivity contribution in [2.45, 2.75) is 50.6 Å². The van der Waals surface area contributed by atoms with Crippen molar-refractivity contribution in [2.75, 3.05) is 13.1 Å². The van der Waals surface area contributed by atoms with Crippen LogP contribution in [0.15, 0.2) is 53.6 Å². The van der Waals surface area contributed by atoms with E-state index in [2.05, 4.69) is 28.5 Å². The average molecular weight is 470 g/mol. The number of benzene rings is 1. The molecule has 3 aromatic rings. The van der Waals surface area contributed by atoms with Crippen molar-refractivity contribution >= 4 is 16.8 Å². The number of carbonyl (C=O) groups excluding carboxylic acids is 1. The van der Waals surface area contributed by atoms with Crippen molar-refractivity contribution in [2.24, 2.45) is 13.0 Å². The van der Waals surface area contributed by atoms with Crippen LogP contribution in [0, 0.1) is 17.2 Å². The predicted molar refractivity (Wildman–Crippen MR) is 135 cm³/mol. The van der Waals surface area contributed by atoms with E-state index in [0.717, 1.165) is 53.4 Å². The van der Waals surface area contributed by atoms with Gasteiger partial charge in [-0.1, -0.05) is 12.1 Å². The minimum atomic E-state index is -0.211. The van der Waals surface area contributed by atoms with Gasteiger partial charge in [0.25, 0.3) is 5.56 Å². The molecular weight excluding hydrogens is 438 g/mol. The summed E-state index contributed by atoms with van der Waals surface area (Å²) in [7, 11) is 1.75. The minimum Gasteiger partial charge on any atom is -0.335 e. The van der Waals surface area contributed by atoms with Gasteiger partial charge in [0, 0.05) is 56.4 Å². The van der Waals surface area contributed by atoms with E-state index in [4.69, 9.17) is 5.26 Å². The Morgan fingerprint density at radius 3 is 2.89 bits per heavy atom. The van der Waals surface area contributed by atoms with Gasteiger partial charge >= 0.3 is 0 Å². The molecule has 1 amide bonds. The van der Waals surface area contributed by atoms with E-state index < -0.39 is 0 Å². The number of amides is 1. The van der Waals surface area contributed by atoms with Gasteiger partial charge in [0.15, 0.2) is 0 Å². The predicted octanol–water partition coefficient (Wildman–Crippen LogP) is 3.27. The summed E-state index contributed by atoms with van der Waals surface area (Å²) >= 11 is 0. The Hall–Kier alpha value is -3.50. The summed E-state index contributed by atoms with van der Waals surface area (Å²) in [5, 5.41) is 13.5. The number of hydrogen-bond donors (Lipinski definition) is 1. The van der Waals surface area contributed by atoms with Gasteiger partial charge in [-0.25, -0.2) is 0 Å². The van der Waals surface area contributed by atoms with Crippen LogP contribution < -0.4 is 10.9 Å². The van der Waals surface area contributed by atoms with Crippen molar-refractivity contribution in [1.82, 2.24) is 19.8 Å². The fraction of sp³-hybridized carbons (Fsp3) is 0.429. The summed E-state index contributed by atoms with van der Waals surface area (Å²) in [5.41, 5.74) is 3.96. The molecule has 0 spiro atoms. The average Bonchev–Trinajstić information content (AvgIpc) is 3.72. The molecular formula is C28H31N5O2. The Kier molecular flexibility index (Phi) is 6.65. The van der Waals surface area contributed by atoms with Crippen LogP contribution in [0.1, 0.15) is 48.3 Å². The molecule has 1 unspecified atom stereocenters. The molecule has 5 rings (SSSR count). The first-order chi connectivity index (χ1) is 17.0. The Labute approximate surface area is 205 Å². The summed E-state index contributed by atoms with van der Waals surface area (Å²) in [6, 6.07) is 14.3. The lowest BCUT2D eigenvalue weighted by molar-refractivity contribution is -0.138. The molecule has 2 aliphatic rings. The fourth-order valence-electron chi connectivity index (χ4n) is 5.28. The first-order valence-corrected chi connectivity index (χ1v) is 12.5. The van der Waals surface area contributed by atoms with Crippen LogP contribution in [-0.4, -0.2) is 39.5 Å². The van der Waals surface area contributed by atoms with E-state index in [9.17, 15) is 9.59 Å². The smallest absolute Gasteiger partial charge is 0.250 e. The molecule has 1 aromatic carbocycles. The molecule has 35 heavy (non-hydrogen) atoms. The molecule has 7 heteroatoms. The largest absolute Gasteiger partial charge is 0.335 e. The maximum atomic E-state index is 14.1. The maximum absolute atomic E-state index is 14.1. The molecule has 2 atom stereocenters. The van der Waals surface area contributed by atoms with E-state index in [1.54, 1.807) is 30.1 Å². The Morgan fingerprint density at radius 2 is 2.11 bits per heavy atom. The molecule has 1 saturated heterocycles. The maximum Gasteiger partial charge on any atom is 0.250 e. The number of pyridine rings is 2. The van der Waals surface area contributed by atoms with E-state index in [0.29, 0.717) is 25.9 Å². The number of nitrogens with zero attached hydrogens (tertiary/aromatic N) is 4. The molecule has 0 bridgehead atoms. The lowest BCUT2D eigenvalue weighted by atomic mass is 9.80. The lowest BCUT2D eigenvalue weighted by Crippen LogP contribution is -2.47. The molecule has 1 aliphatic carbocycles. The second-order valence-electron chi connectivity index (χ2n) is 9.80. The zero-order chi connectivity index (χ0) is 24.4. The number of hydrogen-bond acceptors (Lipinski definition) is 5. The van der Waals surface area contributed by atoms with E-state index in [-0.39, 0.29) is 29.3 Å². The molecule has 1 aliphatic heterocycles. The monoisotopic (exact) mass is 469 g/mol. The molecule has 1 saturated carbocycles. The van der Waals surface area contributed by atoms with Gasteiger partial charge in [0.05, 0.1) is 17.5 Å². The molecule has 3 heterocycles. The van der Waals surface area contributed by atoms with Crippen LogP contribution in [0.2, 0.25) is 0 Å². The van der Waals surface area contributed by atoms with Gasteiger partial charge in [0.1, 0.15) is 0 Å². The van der Waals surface area contributed by atoms with Crippen molar-refractivity contribution in [3.8, 4) is 6.07 Å². The highest BCUT2D eigenvalue weighted by atomic mass is 16.2. The number of aromatic nitrogens is 2. The van der Waals surface area contributed by atoms with Gasteiger partial charge in [-0.15, -0.1) is 0 Å². The second-order valence-corrected chi connectivity index (χ2v) is 9.80. The summed E-state index contributed by atoms with van der Waals surface area (Å²) < 4.78 is 1.56. The first kappa shape index (κ1) is 23.3. The third kappa shape index (κ3) is 4.98. The zero-order valence-electron chi connectivity index (χ0n) is 20.1. The first-order valence-electron chi connectivity index (χ1n) is 12.5. The fourth-order valence-corrected chi connectivity index (χ4v) is 5.28. The van der Waals surface area contributed by atoms with Crippen molar-refractivity contribution < 1.29 is 4.79 Å². The highest BCUT2D eigenvalue weighted by Gasteiger charge is 2.40. The topological polar surface area (TPSA) is 91.0 Å². The highest BCUT2D eigenvalue weighted by molar-refractivity contribution is 5.84. The van der Waals surface area contributed by atoms with E-state index in [1.165, 1.54) is 0 Å². The number of nitriles is 1. The summed E-state index contributed by atoms with van der Waals surface area (Å²) in [6.07, 6.45) is 7.59. The van der Waals surface area contributed by atoms with Crippen LogP contribution in [-0.2, 0) is 24.8 Å². The van der Waals surface area contributed by atoms with Crippen LogP contribution >= 0.6 is 0 Å². The number of aryl methyl sites for hydroxylation is 2. The molecule has 2 aromatic heterocycles. The summed E-state index contributed by atoms with van der Waals surface area (Å²) in [6.45, 7) is 1.96. The second kappa shape index (κ2) is 10.0. The lowest BCUT2D eigenvalue weighted by Gasteiger charge is -2.36. The Morgan fingerprint density at radius 1 is 1.26 bits per heavy atom. The number of fused-ring (bicyclic) bond motifs is 1. The number of piperidine rings is 1. The minimum absolute atomic E-state index is 0.0238.